The molecule has 1 heterocycles. The zero-order valence-electron chi connectivity index (χ0n) is 18.7. The molecule has 0 unspecified atom stereocenters. The Bertz CT molecular complexity index is 1120. The van der Waals surface area contributed by atoms with E-state index >= 15 is 0 Å². The Balaban J connectivity index is 1.88. The molecule has 3 rings (SSSR count). The Kier molecular flexibility index (Phi) is 7.23. The smallest absolute Gasteiger partial charge is 0.337 e. The van der Waals surface area contributed by atoms with Crippen molar-refractivity contribution in [2.45, 2.75) is 47.3 Å². The molecule has 0 aliphatic heterocycles. The summed E-state index contributed by atoms with van der Waals surface area (Å²) >= 11 is 3.50. The Morgan fingerprint density at radius 1 is 1.03 bits per heavy atom. The molecule has 164 valence electrons. The number of hydrogen-bond donors (Lipinski definition) is 2. The van der Waals surface area contributed by atoms with Gasteiger partial charge < -0.3 is 19.7 Å². The summed E-state index contributed by atoms with van der Waals surface area (Å²) in [6.07, 6.45) is 0. The molecule has 2 N–H and O–H groups in total. The maximum absolute atomic E-state index is 12.1. The summed E-state index contributed by atoms with van der Waals surface area (Å²) in [4.78, 5) is 12.1. The van der Waals surface area contributed by atoms with E-state index in [0.717, 1.165) is 32.7 Å². The quantitative estimate of drug-likeness (QED) is 0.441. The summed E-state index contributed by atoms with van der Waals surface area (Å²) in [5.41, 5.74) is 7.59. The molecule has 0 atom stereocenters. The number of ether oxygens (including phenoxy) is 1. The van der Waals surface area contributed by atoms with E-state index in [1.165, 1.54) is 16.7 Å². The summed E-state index contributed by atoms with van der Waals surface area (Å²) < 4.78 is 8.53. The zero-order chi connectivity index (χ0) is 22.7. The normalized spacial score (nSPS) is 11.0. The molecule has 0 amide bonds. The van der Waals surface area contributed by atoms with E-state index in [9.17, 15) is 9.90 Å². The number of aromatic carboxylic acids is 1. The van der Waals surface area contributed by atoms with E-state index in [0.29, 0.717) is 25.2 Å². The van der Waals surface area contributed by atoms with Gasteiger partial charge in [-0.2, -0.15) is 0 Å². The fourth-order valence-corrected chi connectivity index (χ4v) is 4.44. The molecule has 0 saturated heterocycles. The first-order valence-electron chi connectivity index (χ1n) is 10.2. The van der Waals surface area contributed by atoms with Gasteiger partial charge in [-0.25, -0.2) is 4.79 Å². The maximum Gasteiger partial charge on any atom is 0.337 e. The topological polar surface area (TPSA) is 63.5 Å². The molecule has 1 aromatic heterocycles. The molecule has 3 aromatic rings. The van der Waals surface area contributed by atoms with Crippen LogP contribution in [0, 0.1) is 27.7 Å². The van der Waals surface area contributed by atoms with Crippen LogP contribution in [-0.4, -0.2) is 22.8 Å². The summed E-state index contributed by atoms with van der Waals surface area (Å²) in [6, 6.07) is 12.2. The molecular formula is C25H29BrN2O3. The van der Waals surface area contributed by atoms with Crippen LogP contribution in [0.3, 0.4) is 0 Å². The Labute approximate surface area is 192 Å². The number of rotatable bonds is 8. The second kappa shape index (κ2) is 9.71. The van der Waals surface area contributed by atoms with Crippen molar-refractivity contribution >= 4 is 21.9 Å². The third kappa shape index (κ3) is 5.02. The van der Waals surface area contributed by atoms with Crippen LogP contribution >= 0.6 is 15.9 Å². The molecule has 5 nitrogen and oxygen atoms in total. The van der Waals surface area contributed by atoms with Crippen LogP contribution in [0.5, 0.6) is 5.75 Å². The minimum Gasteiger partial charge on any atom is -0.496 e. The highest BCUT2D eigenvalue weighted by Crippen LogP contribution is 2.26. The van der Waals surface area contributed by atoms with Gasteiger partial charge in [0.05, 0.1) is 12.7 Å². The van der Waals surface area contributed by atoms with E-state index in [2.05, 4.69) is 57.9 Å². The monoisotopic (exact) mass is 484 g/mol. The van der Waals surface area contributed by atoms with Crippen LogP contribution in [-0.2, 0) is 19.6 Å². The lowest BCUT2D eigenvalue weighted by molar-refractivity contribution is 0.0694. The van der Waals surface area contributed by atoms with Crippen molar-refractivity contribution in [3.05, 3.63) is 85.6 Å². The van der Waals surface area contributed by atoms with Crippen molar-refractivity contribution in [1.29, 1.82) is 0 Å². The number of carbonyl (C=O) groups is 1. The zero-order valence-corrected chi connectivity index (χ0v) is 20.3. The maximum atomic E-state index is 12.1. The number of methoxy groups -OCH3 is 1. The van der Waals surface area contributed by atoms with E-state index in [-0.39, 0.29) is 0 Å². The fraction of sp³-hybridized carbons (Fsp3) is 0.320. The second-order valence-electron chi connectivity index (χ2n) is 7.91. The molecule has 0 spiro atoms. The van der Waals surface area contributed by atoms with Gasteiger partial charge in [0.2, 0.25) is 0 Å². The molecule has 2 aromatic carbocycles. The van der Waals surface area contributed by atoms with Crippen molar-refractivity contribution in [3.63, 3.8) is 0 Å². The van der Waals surface area contributed by atoms with Gasteiger partial charge >= 0.3 is 5.97 Å². The van der Waals surface area contributed by atoms with Gasteiger partial charge in [0.15, 0.2) is 0 Å². The molecule has 0 radical (unpaired) electrons. The third-order valence-corrected chi connectivity index (χ3v) is 6.31. The number of benzene rings is 2. The van der Waals surface area contributed by atoms with Gasteiger partial charge in [-0.05, 0) is 57.0 Å². The third-order valence-electron chi connectivity index (χ3n) is 5.82. The fourth-order valence-electron chi connectivity index (χ4n) is 4.03. The number of carboxylic acid groups (broad SMARTS) is 1. The van der Waals surface area contributed by atoms with Crippen LogP contribution < -0.4 is 10.1 Å². The average Bonchev–Trinajstić information content (AvgIpc) is 2.95. The van der Waals surface area contributed by atoms with Gasteiger partial charge in [-0.15, -0.1) is 0 Å². The first-order valence-corrected chi connectivity index (χ1v) is 11.0. The van der Waals surface area contributed by atoms with Crippen molar-refractivity contribution in [1.82, 2.24) is 9.88 Å². The van der Waals surface area contributed by atoms with Gasteiger partial charge in [-0.1, -0.05) is 39.7 Å². The van der Waals surface area contributed by atoms with E-state index < -0.39 is 5.97 Å². The van der Waals surface area contributed by atoms with Crippen molar-refractivity contribution in [2.24, 2.45) is 0 Å². The predicted molar refractivity (Wildman–Crippen MR) is 127 cm³/mol. The molecule has 0 aliphatic carbocycles. The second-order valence-corrected chi connectivity index (χ2v) is 8.82. The van der Waals surface area contributed by atoms with Gasteiger partial charge in [0.25, 0.3) is 0 Å². The number of aromatic nitrogens is 1. The van der Waals surface area contributed by atoms with Gasteiger partial charge in [0, 0.05) is 46.6 Å². The Morgan fingerprint density at radius 2 is 1.77 bits per heavy atom. The highest BCUT2D eigenvalue weighted by molar-refractivity contribution is 9.10. The van der Waals surface area contributed by atoms with Gasteiger partial charge in [-0.3, -0.25) is 0 Å². The SMILES string of the molecule is COc1ccc(Br)cc1CNCc1c(C(=O)O)c(C)n(Cc2cc(C)ccc2C)c1C. The minimum atomic E-state index is -0.892. The van der Waals surface area contributed by atoms with E-state index in [1.807, 2.05) is 32.0 Å². The van der Waals surface area contributed by atoms with Crippen LogP contribution in [0.15, 0.2) is 40.9 Å². The standard InChI is InChI=1S/C25H29BrN2O3/c1-15-6-7-16(2)20(10-15)14-28-17(3)22(24(18(28)4)25(29)30)13-27-12-19-11-21(26)8-9-23(19)31-5/h6-11,27H,12-14H2,1-5H3,(H,29,30). The van der Waals surface area contributed by atoms with Crippen molar-refractivity contribution in [2.75, 3.05) is 7.11 Å². The van der Waals surface area contributed by atoms with E-state index in [4.69, 9.17) is 4.74 Å². The highest BCUT2D eigenvalue weighted by atomic mass is 79.9. The summed E-state index contributed by atoms with van der Waals surface area (Å²) in [7, 11) is 1.65. The molecule has 31 heavy (non-hydrogen) atoms. The molecular weight excluding hydrogens is 456 g/mol. The van der Waals surface area contributed by atoms with Crippen LogP contribution in [0.1, 0.15) is 49.6 Å². The lowest BCUT2D eigenvalue weighted by atomic mass is 10.1. The van der Waals surface area contributed by atoms with Crippen LogP contribution in [0.4, 0.5) is 0 Å². The Morgan fingerprint density at radius 3 is 2.45 bits per heavy atom. The van der Waals surface area contributed by atoms with Crippen LogP contribution in [0.2, 0.25) is 0 Å². The number of carboxylic acids is 1. The van der Waals surface area contributed by atoms with Gasteiger partial charge in [0.1, 0.15) is 5.75 Å². The summed E-state index contributed by atoms with van der Waals surface area (Å²) in [5.74, 6) is -0.0910. The first-order chi connectivity index (χ1) is 14.7. The molecule has 0 bridgehead atoms. The molecule has 0 fully saturated rings. The molecule has 0 saturated carbocycles. The minimum absolute atomic E-state index is 0.386. The van der Waals surface area contributed by atoms with Crippen molar-refractivity contribution in [3.8, 4) is 5.75 Å². The summed E-state index contributed by atoms with van der Waals surface area (Å²) in [6.45, 7) is 9.75. The van der Waals surface area contributed by atoms with Crippen LogP contribution in [0.25, 0.3) is 0 Å². The first kappa shape index (κ1) is 23.1. The molecule has 6 heteroatoms. The number of nitrogens with zero attached hydrogens (tertiary/aromatic N) is 1. The largest absolute Gasteiger partial charge is 0.496 e. The number of halogens is 1. The lowest BCUT2D eigenvalue weighted by Gasteiger charge is -2.13. The lowest BCUT2D eigenvalue weighted by Crippen LogP contribution is -2.16. The van der Waals surface area contributed by atoms with Crippen molar-refractivity contribution < 1.29 is 14.6 Å². The number of aryl methyl sites for hydroxylation is 2. The Hall–Kier alpha value is -2.57. The van der Waals surface area contributed by atoms with E-state index in [1.54, 1.807) is 7.11 Å². The average molecular weight is 485 g/mol. The predicted octanol–water partition coefficient (Wildman–Crippen LogP) is 5.53. The number of nitrogens with one attached hydrogen (secondary N) is 1. The highest BCUT2D eigenvalue weighted by Gasteiger charge is 2.22. The molecule has 0 aliphatic rings. The summed E-state index contributed by atoms with van der Waals surface area (Å²) in [5, 5.41) is 13.3. The number of hydrogen-bond acceptors (Lipinski definition) is 3.